The van der Waals surface area contributed by atoms with Crippen LogP contribution in [0, 0.1) is 11.3 Å². The van der Waals surface area contributed by atoms with Crippen molar-refractivity contribution in [3.8, 4) is 6.07 Å². The second-order valence-corrected chi connectivity index (χ2v) is 5.69. The van der Waals surface area contributed by atoms with E-state index in [1.165, 1.54) is 0 Å². The number of nitrogens with one attached hydrogen (secondary N) is 1. The highest BCUT2D eigenvalue weighted by molar-refractivity contribution is 5.32. The second kappa shape index (κ2) is 6.70. The fraction of sp³-hybridized carbons (Fsp3) is 0.562. The average molecular weight is 259 g/mol. The third-order valence-corrected chi connectivity index (χ3v) is 3.36. The molecule has 1 aromatic carbocycles. The molecule has 0 amide bonds. The Morgan fingerprint density at radius 3 is 2.21 bits per heavy atom. The second-order valence-electron chi connectivity index (χ2n) is 5.69. The Kier molecular flexibility index (Phi) is 5.53. The monoisotopic (exact) mass is 259 g/mol. The van der Waals surface area contributed by atoms with Gasteiger partial charge in [0.15, 0.2) is 0 Å². The van der Waals surface area contributed by atoms with Gasteiger partial charge in [-0.05, 0) is 40.3 Å². The molecule has 0 radical (unpaired) electrons. The first-order valence-electron chi connectivity index (χ1n) is 6.86. The van der Waals surface area contributed by atoms with Gasteiger partial charge in [-0.25, -0.2) is 0 Å². The number of hydrogen-bond acceptors (Lipinski definition) is 3. The van der Waals surface area contributed by atoms with Crippen LogP contribution in [0.1, 0.15) is 33.3 Å². The maximum Gasteiger partial charge on any atom is 0.145 e. The van der Waals surface area contributed by atoms with Gasteiger partial charge < -0.3 is 4.90 Å². The molecule has 3 nitrogen and oxygen atoms in total. The van der Waals surface area contributed by atoms with Crippen LogP contribution in [0.15, 0.2) is 30.3 Å². The number of benzene rings is 1. The maximum absolute atomic E-state index is 9.77. The largest absolute Gasteiger partial charge is 0.301 e. The van der Waals surface area contributed by atoms with E-state index >= 15 is 0 Å². The van der Waals surface area contributed by atoms with Gasteiger partial charge in [0.1, 0.15) is 5.54 Å². The average Bonchev–Trinajstić information content (AvgIpc) is 2.38. The van der Waals surface area contributed by atoms with Gasteiger partial charge in [0.2, 0.25) is 0 Å². The molecule has 0 spiro atoms. The SMILES string of the molecule is CC(C)NC(C#N)(CN(C)C(C)C)c1ccccc1. The molecule has 0 aliphatic heterocycles. The molecule has 0 aromatic heterocycles. The van der Waals surface area contributed by atoms with Crippen LogP contribution in [0.4, 0.5) is 0 Å². The molecule has 0 saturated heterocycles. The summed E-state index contributed by atoms with van der Waals surface area (Å²) in [7, 11) is 2.06. The van der Waals surface area contributed by atoms with E-state index in [4.69, 9.17) is 0 Å². The fourth-order valence-electron chi connectivity index (χ4n) is 2.12. The minimum absolute atomic E-state index is 0.250. The van der Waals surface area contributed by atoms with Crippen molar-refractivity contribution in [3.63, 3.8) is 0 Å². The number of nitrogens with zero attached hydrogens (tertiary/aromatic N) is 2. The molecular formula is C16H25N3. The molecule has 1 aromatic rings. The Hall–Kier alpha value is -1.37. The van der Waals surface area contributed by atoms with Crippen LogP contribution in [0.25, 0.3) is 0 Å². The Labute approximate surface area is 117 Å². The van der Waals surface area contributed by atoms with Crippen LogP contribution in [-0.2, 0) is 5.54 Å². The molecular weight excluding hydrogens is 234 g/mol. The maximum atomic E-state index is 9.77. The molecule has 0 aliphatic carbocycles. The van der Waals surface area contributed by atoms with Crippen molar-refractivity contribution in [1.29, 1.82) is 5.26 Å². The van der Waals surface area contributed by atoms with Gasteiger partial charge in [0, 0.05) is 18.6 Å². The zero-order valence-corrected chi connectivity index (χ0v) is 12.6. The highest BCUT2D eigenvalue weighted by Crippen LogP contribution is 2.23. The molecule has 3 heteroatoms. The smallest absolute Gasteiger partial charge is 0.145 e. The molecule has 104 valence electrons. The van der Waals surface area contributed by atoms with E-state index in [0.29, 0.717) is 12.6 Å². The summed E-state index contributed by atoms with van der Waals surface area (Å²) in [6, 6.07) is 13.1. The van der Waals surface area contributed by atoms with E-state index in [0.717, 1.165) is 5.56 Å². The van der Waals surface area contributed by atoms with E-state index in [9.17, 15) is 5.26 Å². The van der Waals surface area contributed by atoms with Gasteiger partial charge in [-0.1, -0.05) is 30.3 Å². The summed E-state index contributed by atoms with van der Waals surface area (Å²) >= 11 is 0. The highest BCUT2D eigenvalue weighted by atomic mass is 15.2. The lowest BCUT2D eigenvalue weighted by Gasteiger charge is -2.36. The first kappa shape index (κ1) is 15.7. The fourth-order valence-corrected chi connectivity index (χ4v) is 2.12. The van der Waals surface area contributed by atoms with E-state index in [-0.39, 0.29) is 6.04 Å². The number of likely N-dealkylation sites (N-methyl/N-ethyl adjacent to an activating group) is 1. The number of nitriles is 1. The summed E-state index contributed by atoms with van der Waals surface area (Å²) in [6.07, 6.45) is 0. The van der Waals surface area contributed by atoms with Crippen LogP contribution < -0.4 is 5.32 Å². The van der Waals surface area contributed by atoms with Crippen LogP contribution in [0.5, 0.6) is 0 Å². The van der Waals surface area contributed by atoms with Gasteiger partial charge >= 0.3 is 0 Å². The van der Waals surface area contributed by atoms with Gasteiger partial charge in [-0.3, -0.25) is 5.32 Å². The summed E-state index contributed by atoms with van der Waals surface area (Å²) in [4.78, 5) is 2.20. The topological polar surface area (TPSA) is 39.1 Å². The molecule has 1 N–H and O–H groups in total. The molecule has 0 fully saturated rings. The van der Waals surface area contributed by atoms with Crippen molar-refractivity contribution in [2.24, 2.45) is 0 Å². The molecule has 0 aliphatic rings. The van der Waals surface area contributed by atoms with Crippen molar-refractivity contribution in [1.82, 2.24) is 10.2 Å². The Morgan fingerprint density at radius 2 is 1.79 bits per heavy atom. The Balaban J connectivity index is 3.13. The molecule has 0 bridgehead atoms. The van der Waals surface area contributed by atoms with E-state index in [1.807, 2.05) is 30.3 Å². The molecule has 19 heavy (non-hydrogen) atoms. The zero-order valence-electron chi connectivity index (χ0n) is 12.6. The molecule has 1 unspecified atom stereocenters. The van der Waals surface area contributed by atoms with Crippen molar-refractivity contribution >= 4 is 0 Å². The van der Waals surface area contributed by atoms with E-state index in [2.05, 4.69) is 51.0 Å². The summed E-state index contributed by atoms with van der Waals surface area (Å²) in [6.45, 7) is 9.10. The standard InChI is InChI=1S/C16H25N3/c1-13(2)18-16(11-17,12-19(5)14(3)4)15-9-7-6-8-10-15/h6-10,13-14,18H,12H2,1-5H3. The third-order valence-electron chi connectivity index (χ3n) is 3.36. The number of hydrogen-bond donors (Lipinski definition) is 1. The van der Waals surface area contributed by atoms with Gasteiger partial charge in [-0.2, -0.15) is 5.26 Å². The van der Waals surface area contributed by atoms with Gasteiger partial charge in [0.25, 0.3) is 0 Å². The lowest BCUT2D eigenvalue weighted by molar-refractivity contribution is 0.203. The van der Waals surface area contributed by atoms with Crippen LogP contribution in [0.3, 0.4) is 0 Å². The lowest BCUT2D eigenvalue weighted by atomic mass is 9.89. The van der Waals surface area contributed by atoms with Gasteiger partial charge in [-0.15, -0.1) is 0 Å². The number of rotatable bonds is 6. The Bertz CT molecular complexity index is 419. The van der Waals surface area contributed by atoms with Crippen molar-refractivity contribution in [2.45, 2.75) is 45.3 Å². The quantitative estimate of drug-likeness (QED) is 0.854. The molecule has 0 saturated carbocycles. The summed E-state index contributed by atoms with van der Waals surface area (Å²) in [5.74, 6) is 0. The van der Waals surface area contributed by atoms with Crippen molar-refractivity contribution in [2.75, 3.05) is 13.6 Å². The first-order chi connectivity index (χ1) is 8.91. The zero-order chi connectivity index (χ0) is 14.5. The summed E-state index contributed by atoms with van der Waals surface area (Å²) in [5.41, 5.74) is 0.368. The third kappa shape index (κ3) is 4.05. The normalized spacial score (nSPS) is 14.7. The van der Waals surface area contributed by atoms with Crippen LogP contribution in [-0.4, -0.2) is 30.6 Å². The van der Waals surface area contributed by atoms with E-state index in [1.54, 1.807) is 0 Å². The first-order valence-corrected chi connectivity index (χ1v) is 6.86. The van der Waals surface area contributed by atoms with Crippen LogP contribution >= 0.6 is 0 Å². The predicted molar refractivity (Wildman–Crippen MR) is 79.8 cm³/mol. The molecule has 1 rings (SSSR count). The minimum Gasteiger partial charge on any atom is -0.301 e. The van der Waals surface area contributed by atoms with Crippen LogP contribution in [0.2, 0.25) is 0 Å². The summed E-state index contributed by atoms with van der Waals surface area (Å²) in [5, 5.41) is 13.2. The summed E-state index contributed by atoms with van der Waals surface area (Å²) < 4.78 is 0. The minimum atomic E-state index is -0.658. The predicted octanol–water partition coefficient (Wildman–Crippen LogP) is 2.74. The lowest BCUT2D eigenvalue weighted by Crippen LogP contribution is -2.53. The molecule has 0 heterocycles. The van der Waals surface area contributed by atoms with Crippen molar-refractivity contribution in [3.05, 3.63) is 35.9 Å². The highest BCUT2D eigenvalue weighted by Gasteiger charge is 2.34. The molecule has 1 atom stereocenters. The van der Waals surface area contributed by atoms with E-state index < -0.39 is 5.54 Å². The van der Waals surface area contributed by atoms with Gasteiger partial charge in [0.05, 0.1) is 6.07 Å². The van der Waals surface area contributed by atoms with Crippen molar-refractivity contribution < 1.29 is 0 Å². The Morgan fingerprint density at radius 1 is 1.21 bits per heavy atom.